The molecule has 0 bridgehead atoms. The van der Waals surface area contributed by atoms with Crippen molar-refractivity contribution in [3.8, 4) is 5.75 Å². The number of H-pyrrole nitrogens is 1. The first-order valence-electron chi connectivity index (χ1n) is 8.73. The molecule has 1 aliphatic heterocycles. The van der Waals surface area contributed by atoms with E-state index < -0.39 is 0 Å². The molecule has 0 radical (unpaired) electrons. The average molecular weight is 368 g/mol. The van der Waals surface area contributed by atoms with Crippen molar-refractivity contribution in [2.45, 2.75) is 0 Å². The zero-order valence-electron chi connectivity index (χ0n) is 14.6. The molecule has 0 unspecified atom stereocenters. The van der Waals surface area contributed by atoms with E-state index in [9.17, 15) is 14.7 Å². The fourth-order valence-corrected chi connectivity index (χ4v) is 3.53. The molecule has 6 nitrogen and oxygen atoms in total. The zero-order valence-corrected chi connectivity index (χ0v) is 14.6. The maximum atomic E-state index is 13.3. The Morgan fingerprint density at radius 1 is 1.00 bits per heavy atom. The minimum absolute atomic E-state index is 0.0585. The number of hydrogen-bond donors (Lipinski definition) is 1. The van der Waals surface area contributed by atoms with Crippen LogP contribution in [0.5, 0.6) is 5.75 Å². The van der Waals surface area contributed by atoms with Gasteiger partial charge in [-0.2, -0.15) is 0 Å². The van der Waals surface area contributed by atoms with Gasteiger partial charge >= 0.3 is 0 Å². The van der Waals surface area contributed by atoms with Crippen LogP contribution < -0.4 is 4.98 Å². The van der Waals surface area contributed by atoms with E-state index >= 15 is 0 Å². The van der Waals surface area contributed by atoms with Crippen LogP contribution in [-0.2, 0) is 0 Å². The molecule has 2 N–H and O–H groups in total. The van der Waals surface area contributed by atoms with Crippen molar-refractivity contribution in [2.24, 2.45) is 4.99 Å². The van der Waals surface area contributed by atoms with Gasteiger partial charge in [0, 0.05) is 17.0 Å². The third-order valence-corrected chi connectivity index (χ3v) is 4.83. The Bertz CT molecular complexity index is 1300. The van der Waals surface area contributed by atoms with Gasteiger partial charge in [-0.3, -0.25) is 14.2 Å². The number of nitrogens with one attached hydrogen (secondary N) is 1. The van der Waals surface area contributed by atoms with Gasteiger partial charge in [0.25, 0.3) is 5.91 Å². The number of carbonyl (C=O) groups excluding carboxylic acids is 2. The molecule has 0 amide bonds. The van der Waals surface area contributed by atoms with Gasteiger partial charge in [0.15, 0.2) is 18.1 Å². The Kier molecular flexibility index (Phi) is 3.45. The van der Waals surface area contributed by atoms with Crippen molar-refractivity contribution in [3.05, 3.63) is 89.9 Å². The number of aromatic amines is 1. The fourth-order valence-electron chi connectivity index (χ4n) is 3.53. The molecule has 134 valence electrons. The number of carbonyl (C=O) groups is 2. The minimum atomic E-state index is -0.366. The van der Waals surface area contributed by atoms with Gasteiger partial charge in [0.05, 0.1) is 11.2 Å². The normalized spacial score (nSPS) is 12.9. The number of rotatable bonds is 2. The van der Waals surface area contributed by atoms with Crippen molar-refractivity contribution in [1.82, 2.24) is 4.57 Å². The van der Waals surface area contributed by atoms with Gasteiger partial charge in [-0.1, -0.05) is 24.3 Å². The molecular formula is C22H14N3O3+. The van der Waals surface area contributed by atoms with E-state index in [1.165, 1.54) is 4.57 Å². The summed E-state index contributed by atoms with van der Waals surface area (Å²) in [4.78, 5) is 33.6. The summed E-state index contributed by atoms with van der Waals surface area (Å²) in [6, 6.07) is 17.3. The summed E-state index contributed by atoms with van der Waals surface area (Å²) < 4.78 is 1.36. The Morgan fingerprint density at radius 2 is 1.79 bits per heavy atom. The van der Waals surface area contributed by atoms with Crippen LogP contribution in [0.2, 0.25) is 0 Å². The smallest absolute Gasteiger partial charge is 0.269 e. The van der Waals surface area contributed by atoms with Crippen molar-refractivity contribution in [2.75, 3.05) is 0 Å². The number of fused-ring (bicyclic) bond motifs is 2. The highest BCUT2D eigenvalue weighted by Gasteiger charge is 2.33. The quantitative estimate of drug-likeness (QED) is 0.590. The molecule has 2 aromatic carbocycles. The molecule has 6 heteroatoms. The molecule has 2 aromatic heterocycles. The minimum Gasteiger partial charge on any atom is -0.505 e. The van der Waals surface area contributed by atoms with E-state index in [-0.39, 0.29) is 28.8 Å². The predicted octanol–water partition coefficient (Wildman–Crippen LogP) is 3.17. The molecule has 0 spiro atoms. The lowest BCUT2D eigenvalue weighted by Crippen LogP contribution is -2.22. The lowest BCUT2D eigenvalue weighted by Gasteiger charge is -2.08. The number of nitrogens with zero attached hydrogens (tertiary/aromatic N) is 2. The highest BCUT2D eigenvalue weighted by molar-refractivity contribution is 6.55. The SMILES string of the molecule is O=C1C(c2c(O)c3ccccc3n2C(=O)c2ccc[nH+]c2)=Nc2ccccc21. The van der Waals surface area contributed by atoms with Crippen molar-refractivity contribution in [3.63, 3.8) is 0 Å². The number of aromatic nitrogens is 2. The van der Waals surface area contributed by atoms with Crippen LogP contribution in [0.1, 0.15) is 26.4 Å². The first-order valence-corrected chi connectivity index (χ1v) is 8.73. The van der Waals surface area contributed by atoms with Crippen LogP contribution in [-0.4, -0.2) is 27.1 Å². The van der Waals surface area contributed by atoms with Gasteiger partial charge in [0.1, 0.15) is 17.0 Å². The van der Waals surface area contributed by atoms with Gasteiger partial charge in [-0.15, -0.1) is 0 Å². The number of hydrogen-bond acceptors (Lipinski definition) is 4. The maximum Gasteiger partial charge on any atom is 0.269 e. The standard InChI is InChI=1S/C22H13N3O3/c26-20-14-7-1-3-9-16(14)24-18(20)19-21(27)15-8-2-4-10-17(15)25(19)22(28)13-6-5-11-23-12-13/h1-12,27H/p+1. The second-order valence-corrected chi connectivity index (χ2v) is 6.45. The van der Waals surface area contributed by atoms with Crippen molar-refractivity contribution in [1.29, 1.82) is 0 Å². The second kappa shape index (κ2) is 5.99. The molecule has 0 atom stereocenters. The van der Waals surface area contributed by atoms with E-state index in [1.807, 2.05) is 0 Å². The largest absolute Gasteiger partial charge is 0.505 e. The molecule has 0 fully saturated rings. The summed E-state index contributed by atoms with van der Waals surface area (Å²) in [7, 11) is 0. The summed E-state index contributed by atoms with van der Waals surface area (Å²) in [5.41, 5.74) is 2.05. The zero-order chi connectivity index (χ0) is 19.3. The van der Waals surface area contributed by atoms with Crippen LogP contribution in [0.15, 0.2) is 78.0 Å². The summed E-state index contributed by atoms with van der Waals surface area (Å²) in [6.45, 7) is 0. The Balaban J connectivity index is 1.80. The topological polar surface area (TPSA) is 85.8 Å². The first-order chi connectivity index (χ1) is 13.7. The Hall–Kier alpha value is -4.06. The molecule has 0 aliphatic carbocycles. The second-order valence-electron chi connectivity index (χ2n) is 6.45. The van der Waals surface area contributed by atoms with Crippen LogP contribution in [0.25, 0.3) is 10.9 Å². The maximum absolute atomic E-state index is 13.3. The van der Waals surface area contributed by atoms with E-state index in [0.29, 0.717) is 27.7 Å². The molecular weight excluding hydrogens is 354 g/mol. The number of Topliss-reactive ketones (excluding diaryl/α,β-unsaturated/α-hetero) is 1. The van der Waals surface area contributed by atoms with Gasteiger partial charge < -0.3 is 5.11 Å². The number of aliphatic imine (C=N–C) groups is 1. The number of para-hydroxylation sites is 2. The molecule has 5 rings (SSSR count). The number of benzene rings is 2. The van der Waals surface area contributed by atoms with Gasteiger partial charge in [-0.25, -0.2) is 9.98 Å². The first kappa shape index (κ1) is 16.1. The molecule has 4 aromatic rings. The highest BCUT2D eigenvalue weighted by atomic mass is 16.3. The van der Waals surface area contributed by atoms with Crippen LogP contribution in [0.3, 0.4) is 0 Å². The average Bonchev–Trinajstić information content (AvgIpc) is 3.23. The third kappa shape index (κ3) is 2.21. The van der Waals surface area contributed by atoms with E-state index in [4.69, 9.17) is 0 Å². The summed E-state index contributed by atoms with van der Waals surface area (Å²) >= 11 is 0. The number of ketones is 1. The number of aromatic hydroxyl groups is 1. The predicted molar refractivity (Wildman–Crippen MR) is 103 cm³/mol. The highest BCUT2D eigenvalue weighted by Crippen LogP contribution is 2.37. The van der Waals surface area contributed by atoms with Crippen LogP contribution in [0, 0.1) is 0 Å². The lowest BCUT2D eigenvalue weighted by atomic mass is 10.1. The van der Waals surface area contributed by atoms with E-state index in [1.54, 1.807) is 73.1 Å². The lowest BCUT2D eigenvalue weighted by molar-refractivity contribution is -0.378. The fraction of sp³-hybridized carbons (Fsp3) is 0. The Morgan fingerprint density at radius 3 is 2.57 bits per heavy atom. The Labute approximate surface area is 159 Å². The van der Waals surface area contributed by atoms with Crippen molar-refractivity contribution >= 4 is 34.0 Å². The monoisotopic (exact) mass is 368 g/mol. The summed E-state index contributed by atoms with van der Waals surface area (Å²) in [5.74, 6) is -0.819. The van der Waals surface area contributed by atoms with Crippen molar-refractivity contribution < 1.29 is 19.7 Å². The van der Waals surface area contributed by atoms with Crippen LogP contribution in [0.4, 0.5) is 5.69 Å². The molecule has 0 saturated carbocycles. The van der Waals surface area contributed by atoms with Gasteiger partial charge in [-0.05, 0) is 30.3 Å². The summed E-state index contributed by atoms with van der Waals surface area (Å²) in [5, 5.41) is 11.4. The number of pyridine rings is 1. The molecule has 0 saturated heterocycles. The van der Waals surface area contributed by atoms with E-state index in [2.05, 4.69) is 9.98 Å². The van der Waals surface area contributed by atoms with E-state index in [0.717, 1.165) is 0 Å². The van der Waals surface area contributed by atoms with Crippen LogP contribution >= 0.6 is 0 Å². The van der Waals surface area contributed by atoms with Gasteiger partial charge in [0.2, 0.25) is 5.78 Å². The molecule has 28 heavy (non-hydrogen) atoms. The summed E-state index contributed by atoms with van der Waals surface area (Å²) in [6.07, 6.45) is 3.27. The molecule has 1 aliphatic rings. The molecule has 3 heterocycles. The third-order valence-electron chi connectivity index (χ3n) is 4.83.